The van der Waals surface area contributed by atoms with Gasteiger partial charge < -0.3 is 9.52 Å². The van der Waals surface area contributed by atoms with Crippen molar-refractivity contribution in [1.29, 1.82) is 0 Å². The minimum Gasteiger partial charge on any atom is -0.506 e. The minimum absolute atomic E-state index is 0.0553. The number of phenols is 1. The number of hydrogen-bond donors (Lipinski definition) is 1. The molecule has 0 amide bonds. The van der Waals surface area contributed by atoms with Crippen molar-refractivity contribution in [1.82, 2.24) is 0 Å². The van der Waals surface area contributed by atoms with Crippen LogP contribution in [0.2, 0.25) is 5.02 Å². The average Bonchev–Trinajstić information content (AvgIpc) is 3.04. The summed E-state index contributed by atoms with van der Waals surface area (Å²) in [4.78, 5) is 4.04. The van der Waals surface area contributed by atoms with Crippen molar-refractivity contribution >= 4 is 23.5 Å². The lowest BCUT2D eigenvalue weighted by Crippen LogP contribution is -2.06. The number of halogens is 4. The SMILES string of the molecule is Oc1ccc(Cl)cc1N=Cc1ccc(-c2ccccc2C(F)(F)F)o1. The van der Waals surface area contributed by atoms with Crippen LogP contribution in [0.4, 0.5) is 18.9 Å². The molecular formula is C18H11ClF3NO2. The number of hydrogen-bond acceptors (Lipinski definition) is 3. The summed E-state index contributed by atoms with van der Waals surface area (Å²) in [6.07, 6.45) is -3.19. The van der Waals surface area contributed by atoms with E-state index in [9.17, 15) is 18.3 Å². The van der Waals surface area contributed by atoms with Gasteiger partial charge in [-0.25, -0.2) is 4.99 Å². The highest BCUT2D eigenvalue weighted by atomic mass is 35.5. The van der Waals surface area contributed by atoms with Gasteiger partial charge in [-0.3, -0.25) is 0 Å². The van der Waals surface area contributed by atoms with Crippen LogP contribution in [0.25, 0.3) is 11.3 Å². The van der Waals surface area contributed by atoms with Crippen LogP contribution in [0.1, 0.15) is 11.3 Å². The molecule has 0 unspecified atom stereocenters. The van der Waals surface area contributed by atoms with E-state index in [0.29, 0.717) is 5.02 Å². The molecule has 1 aromatic heterocycles. The number of rotatable bonds is 3. The van der Waals surface area contributed by atoms with Gasteiger partial charge in [0.05, 0.1) is 11.8 Å². The second-order valence-corrected chi connectivity index (χ2v) is 5.57. The molecule has 7 heteroatoms. The predicted octanol–water partition coefficient (Wildman–Crippen LogP) is 6.08. The molecule has 0 aliphatic rings. The highest BCUT2D eigenvalue weighted by molar-refractivity contribution is 6.30. The van der Waals surface area contributed by atoms with Crippen LogP contribution in [0.3, 0.4) is 0 Å². The smallest absolute Gasteiger partial charge is 0.417 e. The summed E-state index contributed by atoms with van der Waals surface area (Å²) in [5.41, 5.74) is -0.610. The molecule has 0 radical (unpaired) electrons. The van der Waals surface area contributed by atoms with Crippen LogP contribution in [0.15, 0.2) is 64.0 Å². The highest BCUT2D eigenvalue weighted by Crippen LogP contribution is 2.37. The highest BCUT2D eigenvalue weighted by Gasteiger charge is 2.34. The first-order valence-electron chi connectivity index (χ1n) is 7.13. The molecule has 1 N–H and O–H groups in total. The van der Waals surface area contributed by atoms with Gasteiger partial charge in [0.15, 0.2) is 0 Å². The van der Waals surface area contributed by atoms with E-state index in [1.807, 2.05) is 0 Å². The summed E-state index contributed by atoms with van der Waals surface area (Å²) in [5, 5.41) is 10.1. The molecule has 3 rings (SSSR count). The van der Waals surface area contributed by atoms with Gasteiger partial charge in [-0.05, 0) is 36.4 Å². The summed E-state index contributed by atoms with van der Waals surface area (Å²) in [7, 11) is 0. The van der Waals surface area contributed by atoms with E-state index in [2.05, 4.69) is 4.99 Å². The van der Waals surface area contributed by atoms with Crippen LogP contribution >= 0.6 is 11.6 Å². The number of alkyl halides is 3. The molecule has 128 valence electrons. The minimum atomic E-state index is -4.48. The monoisotopic (exact) mass is 365 g/mol. The number of furan rings is 1. The quantitative estimate of drug-likeness (QED) is 0.572. The molecule has 3 nitrogen and oxygen atoms in total. The zero-order valence-corrected chi connectivity index (χ0v) is 13.3. The van der Waals surface area contributed by atoms with Crippen molar-refractivity contribution in [2.24, 2.45) is 4.99 Å². The standard InChI is InChI=1S/C18H11ClF3NO2/c19-11-5-7-16(24)15(9-11)23-10-12-6-8-17(25-12)13-3-1-2-4-14(13)18(20,21)22/h1-10,24H. The summed E-state index contributed by atoms with van der Waals surface area (Å²) in [6, 6.07) is 12.4. The Morgan fingerprint density at radius 2 is 1.80 bits per heavy atom. The average molecular weight is 366 g/mol. The van der Waals surface area contributed by atoms with Crippen molar-refractivity contribution in [3.05, 3.63) is 70.9 Å². The number of nitrogens with zero attached hydrogens (tertiary/aromatic N) is 1. The Kier molecular flexibility index (Phi) is 4.55. The lowest BCUT2D eigenvalue weighted by atomic mass is 10.1. The van der Waals surface area contributed by atoms with Gasteiger partial charge in [-0.2, -0.15) is 13.2 Å². The molecule has 3 aromatic rings. The Balaban J connectivity index is 1.92. The molecule has 0 bridgehead atoms. The second-order valence-electron chi connectivity index (χ2n) is 5.14. The first-order chi connectivity index (χ1) is 11.8. The Morgan fingerprint density at radius 3 is 2.56 bits per heavy atom. The predicted molar refractivity (Wildman–Crippen MR) is 89.5 cm³/mol. The molecule has 0 saturated carbocycles. The second kappa shape index (κ2) is 6.64. The largest absolute Gasteiger partial charge is 0.506 e. The fourth-order valence-electron chi connectivity index (χ4n) is 2.25. The Morgan fingerprint density at radius 1 is 1.04 bits per heavy atom. The maximum absolute atomic E-state index is 13.1. The molecule has 0 aliphatic carbocycles. The summed E-state index contributed by atoms with van der Waals surface area (Å²) >= 11 is 5.83. The molecule has 25 heavy (non-hydrogen) atoms. The van der Waals surface area contributed by atoms with Gasteiger partial charge in [-0.15, -0.1) is 0 Å². The molecule has 0 saturated heterocycles. The van der Waals surface area contributed by atoms with Crippen LogP contribution in [0, 0.1) is 0 Å². The molecule has 0 atom stereocenters. The van der Waals surface area contributed by atoms with Gasteiger partial charge in [0, 0.05) is 10.6 Å². The third-order valence-corrected chi connectivity index (χ3v) is 3.63. The van der Waals surface area contributed by atoms with Crippen molar-refractivity contribution in [3.8, 4) is 17.1 Å². The Bertz CT molecular complexity index is 932. The van der Waals surface area contributed by atoms with Crippen LogP contribution in [0.5, 0.6) is 5.75 Å². The van der Waals surface area contributed by atoms with Crippen LogP contribution in [-0.4, -0.2) is 11.3 Å². The molecule has 0 fully saturated rings. The number of aromatic hydroxyl groups is 1. The van der Waals surface area contributed by atoms with Crippen LogP contribution in [-0.2, 0) is 6.18 Å². The maximum Gasteiger partial charge on any atom is 0.417 e. The fraction of sp³-hybridized carbons (Fsp3) is 0.0556. The molecule has 1 heterocycles. The van der Waals surface area contributed by atoms with Gasteiger partial charge in [0.2, 0.25) is 0 Å². The lowest BCUT2D eigenvalue weighted by Gasteiger charge is -2.10. The van der Waals surface area contributed by atoms with Gasteiger partial charge in [0.1, 0.15) is 23.0 Å². The third kappa shape index (κ3) is 3.85. The maximum atomic E-state index is 13.1. The number of benzene rings is 2. The number of phenolic OH excluding ortho intramolecular Hbond substituents is 1. The van der Waals surface area contributed by atoms with Crippen molar-refractivity contribution in [2.45, 2.75) is 6.18 Å². The topological polar surface area (TPSA) is 45.7 Å². The molecular weight excluding hydrogens is 355 g/mol. The van der Waals surface area contributed by atoms with Gasteiger partial charge in [0.25, 0.3) is 0 Å². The Hall–Kier alpha value is -2.73. The normalized spacial score (nSPS) is 12.0. The van der Waals surface area contributed by atoms with E-state index in [0.717, 1.165) is 6.07 Å². The van der Waals surface area contributed by atoms with E-state index in [1.54, 1.807) is 0 Å². The van der Waals surface area contributed by atoms with Gasteiger partial charge >= 0.3 is 6.18 Å². The third-order valence-electron chi connectivity index (χ3n) is 3.39. The van der Waals surface area contributed by atoms with Crippen molar-refractivity contribution in [3.63, 3.8) is 0 Å². The first kappa shape index (κ1) is 17.1. The summed E-state index contributed by atoms with van der Waals surface area (Å²) < 4.78 is 44.7. The van der Waals surface area contributed by atoms with E-state index in [1.165, 1.54) is 54.7 Å². The zero-order valence-electron chi connectivity index (χ0n) is 12.6. The number of aliphatic imine (C=N–C) groups is 1. The summed E-state index contributed by atoms with van der Waals surface area (Å²) in [5.74, 6) is 0.242. The van der Waals surface area contributed by atoms with Crippen molar-refractivity contribution < 1.29 is 22.7 Å². The molecule has 0 spiro atoms. The zero-order chi connectivity index (χ0) is 18.0. The lowest BCUT2D eigenvalue weighted by molar-refractivity contribution is -0.137. The van der Waals surface area contributed by atoms with E-state index in [-0.39, 0.29) is 28.5 Å². The van der Waals surface area contributed by atoms with E-state index < -0.39 is 11.7 Å². The van der Waals surface area contributed by atoms with E-state index >= 15 is 0 Å². The molecule has 2 aromatic carbocycles. The fourth-order valence-corrected chi connectivity index (χ4v) is 2.41. The summed E-state index contributed by atoms with van der Waals surface area (Å²) in [6.45, 7) is 0. The van der Waals surface area contributed by atoms with Crippen molar-refractivity contribution in [2.75, 3.05) is 0 Å². The Labute approximate surface area is 146 Å². The van der Waals surface area contributed by atoms with Gasteiger partial charge in [-0.1, -0.05) is 29.8 Å². The molecule has 0 aliphatic heterocycles. The van der Waals surface area contributed by atoms with Crippen LogP contribution < -0.4 is 0 Å². The van der Waals surface area contributed by atoms with E-state index in [4.69, 9.17) is 16.0 Å². The first-order valence-corrected chi connectivity index (χ1v) is 7.51.